The first-order valence-corrected chi connectivity index (χ1v) is 11.9. The Morgan fingerprint density at radius 3 is 2.40 bits per heavy atom. The van der Waals surface area contributed by atoms with Crippen molar-refractivity contribution in [2.45, 2.75) is 23.7 Å². The summed E-state index contributed by atoms with van der Waals surface area (Å²) in [5.74, 6) is 5.71. The summed E-state index contributed by atoms with van der Waals surface area (Å²) < 4.78 is 26.5. The molecule has 2 aliphatic heterocycles. The number of rotatable bonds is 3. The lowest BCUT2D eigenvalue weighted by Gasteiger charge is -2.35. The molecule has 2 fully saturated rings. The third-order valence-electron chi connectivity index (χ3n) is 5.66. The van der Waals surface area contributed by atoms with E-state index in [0.717, 1.165) is 12.8 Å². The van der Waals surface area contributed by atoms with E-state index < -0.39 is 10.0 Å². The maximum absolute atomic E-state index is 12.6. The summed E-state index contributed by atoms with van der Waals surface area (Å²) in [4.78, 5) is 14.7. The lowest BCUT2D eigenvalue weighted by Crippen LogP contribution is -2.49. The molecule has 0 aromatic heterocycles. The molecule has 2 saturated heterocycles. The highest BCUT2D eigenvalue weighted by Gasteiger charge is 2.36. The Morgan fingerprint density at radius 2 is 1.70 bits per heavy atom. The first-order chi connectivity index (χ1) is 14.4. The van der Waals surface area contributed by atoms with Crippen LogP contribution in [0.4, 0.5) is 0 Å². The molecule has 2 aromatic carbocycles. The Morgan fingerprint density at radius 1 is 1.00 bits per heavy atom. The van der Waals surface area contributed by atoms with Crippen molar-refractivity contribution in [1.29, 1.82) is 0 Å². The van der Waals surface area contributed by atoms with Crippen molar-refractivity contribution in [3.05, 3.63) is 65.2 Å². The summed E-state index contributed by atoms with van der Waals surface area (Å²) in [6.07, 6.45) is 1.97. The fraction of sp³-hybridized carbons (Fsp3) is 0.348. The average molecular weight is 443 g/mol. The monoisotopic (exact) mass is 442 g/mol. The van der Waals surface area contributed by atoms with Crippen LogP contribution < -0.4 is 0 Å². The fourth-order valence-electron chi connectivity index (χ4n) is 3.88. The summed E-state index contributed by atoms with van der Waals surface area (Å²) in [7, 11) is -3.47. The number of hydrogen-bond donors (Lipinski definition) is 0. The minimum absolute atomic E-state index is 0.107. The summed E-state index contributed by atoms with van der Waals surface area (Å²) in [5.41, 5.74) is 1.19. The van der Waals surface area contributed by atoms with Crippen LogP contribution >= 0.6 is 11.6 Å². The lowest BCUT2D eigenvalue weighted by atomic mass is 9.90. The molecule has 2 heterocycles. The van der Waals surface area contributed by atoms with E-state index in [0.29, 0.717) is 31.2 Å². The van der Waals surface area contributed by atoms with Crippen molar-refractivity contribution in [2.24, 2.45) is 5.92 Å². The molecule has 7 heteroatoms. The number of carbonyl (C=O) groups excluding carboxylic acids is 1. The zero-order valence-electron chi connectivity index (χ0n) is 16.5. The second-order valence-electron chi connectivity index (χ2n) is 7.74. The maximum Gasteiger partial charge on any atom is 0.298 e. The Labute approximate surface area is 182 Å². The van der Waals surface area contributed by atoms with Gasteiger partial charge in [0.05, 0.1) is 4.90 Å². The van der Waals surface area contributed by atoms with Gasteiger partial charge in [0.15, 0.2) is 0 Å². The summed E-state index contributed by atoms with van der Waals surface area (Å²) >= 11 is 5.97. The molecule has 0 aliphatic carbocycles. The van der Waals surface area contributed by atoms with Crippen molar-refractivity contribution in [3.63, 3.8) is 0 Å². The smallest absolute Gasteiger partial charge is 0.298 e. The zero-order valence-corrected chi connectivity index (χ0v) is 18.1. The maximum atomic E-state index is 12.6. The van der Waals surface area contributed by atoms with Crippen molar-refractivity contribution in [1.82, 2.24) is 9.21 Å². The number of nitrogens with zero attached hydrogens (tertiary/aromatic N) is 2. The first-order valence-electron chi connectivity index (χ1n) is 10.0. The van der Waals surface area contributed by atoms with E-state index in [1.165, 1.54) is 9.87 Å². The number of hydrogen-bond acceptors (Lipinski definition) is 3. The predicted octanol–water partition coefficient (Wildman–Crippen LogP) is 3.37. The topological polar surface area (TPSA) is 57.7 Å². The van der Waals surface area contributed by atoms with Gasteiger partial charge in [-0.3, -0.25) is 4.79 Å². The molecule has 0 radical (unpaired) electrons. The molecular formula is C23H23ClN2O3S. The van der Waals surface area contributed by atoms with Gasteiger partial charge in [0.2, 0.25) is 10.0 Å². The van der Waals surface area contributed by atoms with Crippen LogP contribution in [0.15, 0.2) is 59.5 Å². The van der Waals surface area contributed by atoms with E-state index >= 15 is 0 Å². The summed E-state index contributed by atoms with van der Waals surface area (Å²) in [6.45, 7) is 2.00. The van der Waals surface area contributed by atoms with Gasteiger partial charge in [-0.2, -0.15) is 4.31 Å². The number of amides is 1. The second-order valence-corrected chi connectivity index (χ2v) is 10.1. The van der Waals surface area contributed by atoms with Crippen LogP contribution in [0.1, 0.15) is 24.3 Å². The van der Waals surface area contributed by atoms with Crippen LogP contribution in [0.25, 0.3) is 0 Å². The Bertz CT molecular complexity index is 1070. The molecule has 0 bridgehead atoms. The molecule has 2 aromatic rings. The van der Waals surface area contributed by atoms with Gasteiger partial charge in [-0.1, -0.05) is 47.9 Å². The Hall–Kier alpha value is -2.33. The van der Waals surface area contributed by atoms with Gasteiger partial charge < -0.3 is 4.90 Å². The number of sulfonamides is 1. The minimum atomic E-state index is -3.47. The van der Waals surface area contributed by atoms with E-state index in [4.69, 9.17) is 11.6 Å². The highest BCUT2D eigenvalue weighted by molar-refractivity contribution is 7.89. The van der Waals surface area contributed by atoms with Gasteiger partial charge in [-0.15, -0.1) is 0 Å². The lowest BCUT2D eigenvalue weighted by molar-refractivity contribution is -0.126. The quantitative estimate of drug-likeness (QED) is 0.685. The molecule has 2 aliphatic rings. The third kappa shape index (κ3) is 4.54. The second kappa shape index (κ2) is 8.81. The van der Waals surface area contributed by atoms with E-state index in [1.807, 2.05) is 24.3 Å². The Balaban J connectivity index is 1.33. The molecule has 0 spiro atoms. The highest BCUT2D eigenvalue weighted by Crippen LogP contribution is 2.28. The molecule has 1 amide bonds. The van der Waals surface area contributed by atoms with Crippen molar-refractivity contribution >= 4 is 27.5 Å². The van der Waals surface area contributed by atoms with Gasteiger partial charge in [0, 0.05) is 43.0 Å². The van der Waals surface area contributed by atoms with Gasteiger partial charge in [-0.25, -0.2) is 8.42 Å². The van der Waals surface area contributed by atoms with E-state index in [1.54, 1.807) is 35.2 Å². The largest absolute Gasteiger partial charge is 0.331 e. The summed E-state index contributed by atoms with van der Waals surface area (Å²) in [6, 6.07) is 16.2. The van der Waals surface area contributed by atoms with Crippen LogP contribution in [0, 0.1) is 17.8 Å². The Kier molecular flexibility index (Phi) is 6.14. The zero-order chi connectivity index (χ0) is 21.1. The molecular weight excluding hydrogens is 420 g/mol. The molecule has 4 rings (SSSR count). The van der Waals surface area contributed by atoms with Gasteiger partial charge in [0.25, 0.3) is 5.91 Å². The first kappa shape index (κ1) is 20.9. The van der Waals surface area contributed by atoms with Crippen LogP contribution in [0.2, 0.25) is 5.02 Å². The van der Waals surface area contributed by atoms with Gasteiger partial charge in [-0.05, 0) is 48.6 Å². The van der Waals surface area contributed by atoms with Crippen molar-refractivity contribution in [2.75, 3.05) is 26.2 Å². The third-order valence-corrected chi connectivity index (χ3v) is 7.76. The van der Waals surface area contributed by atoms with Crippen molar-refractivity contribution < 1.29 is 13.2 Å². The van der Waals surface area contributed by atoms with Gasteiger partial charge in [0.1, 0.15) is 0 Å². The van der Waals surface area contributed by atoms with E-state index in [9.17, 15) is 13.2 Å². The molecule has 30 heavy (non-hydrogen) atoms. The van der Waals surface area contributed by atoms with Crippen LogP contribution in [0.3, 0.4) is 0 Å². The normalized spacial score (nSPS) is 20.2. The van der Waals surface area contributed by atoms with Gasteiger partial charge >= 0.3 is 0 Å². The number of likely N-dealkylation sites (tertiary alicyclic amines) is 1. The molecule has 0 N–H and O–H groups in total. The predicted molar refractivity (Wildman–Crippen MR) is 116 cm³/mol. The minimum Gasteiger partial charge on any atom is -0.331 e. The van der Waals surface area contributed by atoms with E-state index in [-0.39, 0.29) is 22.6 Å². The van der Waals surface area contributed by atoms with Crippen LogP contribution in [0.5, 0.6) is 0 Å². The molecule has 1 unspecified atom stereocenters. The molecule has 1 atom stereocenters. The van der Waals surface area contributed by atoms with Crippen LogP contribution in [-0.4, -0.2) is 49.7 Å². The highest BCUT2D eigenvalue weighted by atomic mass is 35.5. The van der Waals surface area contributed by atoms with E-state index in [2.05, 4.69) is 11.8 Å². The molecule has 0 saturated carbocycles. The SMILES string of the molecule is O=C(C#CC1CN(S(=O)(=O)c2ccccc2)C1)N1CCCC(c2ccc(Cl)cc2)C1. The molecule has 5 nitrogen and oxygen atoms in total. The molecule has 156 valence electrons. The number of piperidine rings is 1. The summed E-state index contributed by atoms with van der Waals surface area (Å²) in [5, 5.41) is 0.706. The number of carbonyl (C=O) groups is 1. The van der Waals surface area contributed by atoms with Crippen LogP contribution in [-0.2, 0) is 14.8 Å². The fourth-order valence-corrected chi connectivity index (χ4v) is 5.56. The average Bonchev–Trinajstić information content (AvgIpc) is 2.73. The standard InChI is InChI=1S/C23H23ClN2O3S/c24-21-11-9-19(10-12-21)20-5-4-14-25(17-20)23(27)13-8-18-15-26(16-18)30(28,29)22-6-2-1-3-7-22/h1-3,6-7,9-12,18,20H,4-5,14-17H2. The number of halogens is 1. The number of benzene rings is 2. The van der Waals surface area contributed by atoms with Crippen molar-refractivity contribution in [3.8, 4) is 11.8 Å².